The van der Waals surface area contributed by atoms with E-state index in [-0.39, 0.29) is 10.9 Å². The van der Waals surface area contributed by atoms with E-state index >= 15 is 0 Å². The Morgan fingerprint density at radius 3 is 2.80 bits per heavy atom. The number of carbonyl (C=O) groups is 1. The third kappa shape index (κ3) is 3.40. The minimum atomic E-state index is -0.392. The summed E-state index contributed by atoms with van der Waals surface area (Å²) in [7, 11) is 0. The third-order valence-electron chi connectivity index (χ3n) is 1.79. The molecule has 1 amide bonds. The van der Waals surface area contributed by atoms with E-state index in [2.05, 4.69) is 10.3 Å². The highest BCUT2D eigenvalue weighted by molar-refractivity contribution is 6.30. The van der Waals surface area contributed by atoms with Gasteiger partial charge in [-0.05, 0) is 12.0 Å². The molecule has 0 unspecified atom stereocenters. The number of H-pyrrole nitrogens is 1. The van der Waals surface area contributed by atoms with Crippen LogP contribution in [0.4, 0.5) is 0 Å². The van der Waals surface area contributed by atoms with E-state index in [1.807, 2.05) is 13.8 Å². The molecule has 1 aromatic rings. The SMILES string of the molecule is CC(C)CNC(=O)c1c[nH]c(=O)c(Cl)c1. The number of nitrogens with one attached hydrogen (secondary N) is 2. The van der Waals surface area contributed by atoms with Crippen molar-refractivity contribution in [2.24, 2.45) is 5.92 Å². The van der Waals surface area contributed by atoms with Gasteiger partial charge in [-0.1, -0.05) is 25.4 Å². The first-order chi connectivity index (χ1) is 7.00. The fraction of sp³-hybridized carbons (Fsp3) is 0.400. The zero-order valence-corrected chi connectivity index (χ0v) is 9.39. The molecule has 15 heavy (non-hydrogen) atoms. The van der Waals surface area contributed by atoms with Gasteiger partial charge in [0.2, 0.25) is 0 Å². The Morgan fingerprint density at radius 1 is 1.60 bits per heavy atom. The lowest BCUT2D eigenvalue weighted by Gasteiger charge is -2.07. The summed E-state index contributed by atoms with van der Waals surface area (Å²) >= 11 is 5.60. The van der Waals surface area contributed by atoms with Gasteiger partial charge in [-0.2, -0.15) is 0 Å². The molecule has 0 bridgehead atoms. The molecule has 0 aliphatic heterocycles. The molecule has 2 N–H and O–H groups in total. The van der Waals surface area contributed by atoms with Crippen molar-refractivity contribution >= 4 is 17.5 Å². The van der Waals surface area contributed by atoms with Crippen LogP contribution in [0.15, 0.2) is 17.1 Å². The van der Waals surface area contributed by atoms with Crippen molar-refractivity contribution in [2.45, 2.75) is 13.8 Å². The molecule has 1 aromatic heterocycles. The van der Waals surface area contributed by atoms with Crippen LogP contribution < -0.4 is 10.9 Å². The Balaban J connectivity index is 2.74. The van der Waals surface area contributed by atoms with Crippen LogP contribution in [0.5, 0.6) is 0 Å². The van der Waals surface area contributed by atoms with E-state index in [0.29, 0.717) is 18.0 Å². The number of aromatic amines is 1. The summed E-state index contributed by atoms with van der Waals surface area (Å²) in [5.74, 6) is 0.147. The number of carbonyl (C=O) groups excluding carboxylic acids is 1. The maximum absolute atomic E-state index is 11.5. The molecule has 0 aliphatic rings. The lowest BCUT2D eigenvalue weighted by molar-refractivity contribution is 0.0948. The Kier molecular flexibility index (Phi) is 3.91. The predicted octanol–water partition coefficient (Wildman–Crippen LogP) is 1.41. The molecule has 0 spiro atoms. The zero-order chi connectivity index (χ0) is 11.4. The predicted molar refractivity (Wildman–Crippen MR) is 59.2 cm³/mol. The smallest absolute Gasteiger partial charge is 0.266 e. The number of aromatic nitrogens is 1. The molecule has 4 nitrogen and oxygen atoms in total. The summed E-state index contributed by atoms with van der Waals surface area (Å²) in [5.41, 5.74) is -0.0303. The van der Waals surface area contributed by atoms with Crippen molar-refractivity contribution in [3.8, 4) is 0 Å². The van der Waals surface area contributed by atoms with Crippen LogP contribution in [0.2, 0.25) is 5.02 Å². The first-order valence-electron chi connectivity index (χ1n) is 4.67. The van der Waals surface area contributed by atoms with E-state index in [1.165, 1.54) is 12.3 Å². The van der Waals surface area contributed by atoms with Crippen molar-refractivity contribution < 1.29 is 4.79 Å². The van der Waals surface area contributed by atoms with E-state index in [0.717, 1.165) is 0 Å². The summed E-state index contributed by atoms with van der Waals surface area (Å²) in [5, 5.41) is 2.75. The molecular formula is C10H13ClN2O2. The number of amides is 1. The molecule has 1 heterocycles. The normalized spacial score (nSPS) is 10.4. The Morgan fingerprint density at radius 2 is 2.27 bits per heavy atom. The van der Waals surface area contributed by atoms with Gasteiger partial charge in [0.25, 0.3) is 11.5 Å². The van der Waals surface area contributed by atoms with Gasteiger partial charge in [-0.15, -0.1) is 0 Å². The first-order valence-corrected chi connectivity index (χ1v) is 5.05. The third-order valence-corrected chi connectivity index (χ3v) is 2.07. The quantitative estimate of drug-likeness (QED) is 0.822. The standard InChI is InChI=1S/C10H13ClN2O2/c1-6(2)4-12-9(14)7-3-8(11)10(15)13-5-7/h3,5-6H,4H2,1-2H3,(H,12,14)(H,13,15). The van der Waals surface area contributed by atoms with Crippen LogP contribution in [-0.2, 0) is 0 Å². The highest BCUT2D eigenvalue weighted by atomic mass is 35.5. The van der Waals surface area contributed by atoms with Crippen LogP contribution in [0.1, 0.15) is 24.2 Å². The molecule has 0 fully saturated rings. The monoisotopic (exact) mass is 228 g/mol. The van der Waals surface area contributed by atoms with Crippen molar-refractivity contribution in [1.82, 2.24) is 10.3 Å². The molecular weight excluding hydrogens is 216 g/mol. The van der Waals surface area contributed by atoms with Gasteiger partial charge >= 0.3 is 0 Å². The fourth-order valence-corrected chi connectivity index (χ4v) is 1.16. The molecule has 0 atom stereocenters. The topological polar surface area (TPSA) is 62.0 Å². The van der Waals surface area contributed by atoms with Crippen molar-refractivity contribution in [3.63, 3.8) is 0 Å². The highest BCUT2D eigenvalue weighted by Gasteiger charge is 2.07. The lowest BCUT2D eigenvalue weighted by Crippen LogP contribution is -2.28. The second kappa shape index (κ2) is 4.98. The van der Waals surface area contributed by atoms with Gasteiger partial charge < -0.3 is 10.3 Å². The van der Waals surface area contributed by atoms with Gasteiger partial charge in [0, 0.05) is 12.7 Å². The molecule has 5 heteroatoms. The molecule has 0 saturated carbocycles. The number of hydrogen-bond acceptors (Lipinski definition) is 2. The van der Waals surface area contributed by atoms with Crippen molar-refractivity contribution in [1.29, 1.82) is 0 Å². The van der Waals surface area contributed by atoms with Crippen LogP contribution in [0.3, 0.4) is 0 Å². The van der Waals surface area contributed by atoms with E-state index < -0.39 is 5.56 Å². The summed E-state index contributed by atoms with van der Waals surface area (Å²) in [6.45, 7) is 4.59. The van der Waals surface area contributed by atoms with Gasteiger partial charge in [0.1, 0.15) is 5.02 Å². The van der Waals surface area contributed by atoms with Gasteiger partial charge in [-0.3, -0.25) is 9.59 Å². The first kappa shape index (κ1) is 11.8. The van der Waals surface area contributed by atoms with Gasteiger partial charge in [-0.25, -0.2) is 0 Å². The molecule has 1 rings (SSSR count). The molecule has 0 aromatic carbocycles. The maximum atomic E-state index is 11.5. The van der Waals surface area contributed by atoms with E-state index in [4.69, 9.17) is 11.6 Å². The minimum Gasteiger partial charge on any atom is -0.352 e. The minimum absolute atomic E-state index is 0.0206. The Bertz CT molecular complexity index is 412. The molecule has 0 aliphatic carbocycles. The molecule has 0 radical (unpaired) electrons. The summed E-state index contributed by atoms with van der Waals surface area (Å²) in [4.78, 5) is 24.8. The average Bonchev–Trinajstić information content (AvgIpc) is 2.18. The number of rotatable bonds is 3. The van der Waals surface area contributed by atoms with E-state index in [9.17, 15) is 9.59 Å². The Hall–Kier alpha value is -1.29. The molecule has 82 valence electrons. The van der Waals surface area contributed by atoms with Crippen LogP contribution in [-0.4, -0.2) is 17.4 Å². The van der Waals surface area contributed by atoms with Crippen molar-refractivity contribution in [2.75, 3.05) is 6.54 Å². The Labute approximate surface area is 92.7 Å². The van der Waals surface area contributed by atoms with Gasteiger partial charge in [0.05, 0.1) is 5.56 Å². The number of hydrogen-bond donors (Lipinski definition) is 2. The highest BCUT2D eigenvalue weighted by Crippen LogP contribution is 2.03. The molecule has 0 saturated heterocycles. The average molecular weight is 229 g/mol. The number of halogens is 1. The lowest BCUT2D eigenvalue weighted by atomic mass is 10.2. The number of pyridine rings is 1. The fourth-order valence-electron chi connectivity index (χ4n) is 0.986. The second-order valence-corrected chi connectivity index (χ2v) is 4.08. The van der Waals surface area contributed by atoms with E-state index in [1.54, 1.807) is 0 Å². The summed E-state index contributed by atoms with van der Waals surface area (Å²) in [6.07, 6.45) is 1.35. The zero-order valence-electron chi connectivity index (χ0n) is 8.63. The van der Waals surface area contributed by atoms with Crippen LogP contribution >= 0.6 is 11.6 Å². The van der Waals surface area contributed by atoms with Crippen LogP contribution in [0, 0.1) is 5.92 Å². The van der Waals surface area contributed by atoms with Crippen LogP contribution in [0.25, 0.3) is 0 Å². The maximum Gasteiger partial charge on any atom is 0.266 e. The van der Waals surface area contributed by atoms with Gasteiger partial charge in [0.15, 0.2) is 0 Å². The summed E-state index contributed by atoms with van der Waals surface area (Å²) in [6, 6.07) is 1.36. The van der Waals surface area contributed by atoms with Crippen molar-refractivity contribution in [3.05, 3.63) is 33.2 Å². The second-order valence-electron chi connectivity index (χ2n) is 3.67. The largest absolute Gasteiger partial charge is 0.352 e. The summed E-state index contributed by atoms with van der Waals surface area (Å²) < 4.78 is 0.